The van der Waals surface area contributed by atoms with Gasteiger partial charge in [0.2, 0.25) is 5.91 Å². The third-order valence-corrected chi connectivity index (χ3v) is 5.82. The Kier molecular flexibility index (Phi) is 6.24. The van der Waals surface area contributed by atoms with Crippen molar-refractivity contribution in [1.29, 1.82) is 0 Å². The number of hydrogen-bond acceptors (Lipinski definition) is 5. The van der Waals surface area contributed by atoms with Crippen LogP contribution in [-0.2, 0) is 4.79 Å². The molecule has 0 saturated heterocycles. The average Bonchev–Trinajstić information content (AvgIpc) is 3.24. The maximum atomic E-state index is 12.3. The van der Waals surface area contributed by atoms with E-state index in [0.29, 0.717) is 20.9 Å². The summed E-state index contributed by atoms with van der Waals surface area (Å²) in [6, 6.07) is 9.12. The van der Waals surface area contributed by atoms with E-state index in [1.165, 1.54) is 11.8 Å². The molecular formula is C17H16Cl2N4OS2. The van der Waals surface area contributed by atoms with Crippen LogP contribution in [-0.4, -0.2) is 26.4 Å². The highest BCUT2D eigenvalue weighted by atomic mass is 35.5. The molecule has 1 aromatic carbocycles. The molecule has 3 aromatic rings. The highest BCUT2D eigenvalue weighted by Crippen LogP contribution is 2.30. The second-order valence-corrected chi connectivity index (χ2v) is 8.44. The van der Waals surface area contributed by atoms with Gasteiger partial charge >= 0.3 is 0 Å². The average molecular weight is 427 g/mol. The van der Waals surface area contributed by atoms with Gasteiger partial charge in [0.05, 0.1) is 21.3 Å². The number of nitrogens with one attached hydrogen (secondary N) is 1. The van der Waals surface area contributed by atoms with Gasteiger partial charge in [0, 0.05) is 11.1 Å². The summed E-state index contributed by atoms with van der Waals surface area (Å²) in [5.74, 6) is 0.850. The van der Waals surface area contributed by atoms with E-state index in [9.17, 15) is 4.79 Å². The SMILES string of the molecule is CC(C)n1c(SCC(=O)Nc2ccc(Cl)cc2Cl)nnc1-c1cccs1. The number of aromatic nitrogens is 3. The summed E-state index contributed by atoms with van der Waals surface area (Å²) in [7, 11) is 0. The summed E-state index contributed by atoms with van der Waals surface area (Å²) in [6.45, 7) is 4.14. The molecule has 0 saturated carbocycles. The maximum absolute atomic E-state index is 12.3. The number of amides is 1. The summed E-state index contributed by atoms with van der Waals surface area (Å²) in [5, 5.41) is 15.0. The van der Waals surface area contributed by atoms with Gasteiger partial charge in [0.25, 0.3) is 0 Å². The van der Waals surface area contributed by atoms with E-state index in [0.717, 1.165) is 10.7 Å². The number of thioether (sulfide) groups is 1. The fourth-order valence-electron chi connectivity index (χ4n) is 2.32. The number of halogens is 2. The Morgan fingerprint density at radius 2 is 2.12 bits per heavy atom. The third-order valence-electron chi connectivity index (χ3n) is 3.46. The van der Waals surface area contributed by atoms with Crippen molar-refractivity contribution in [2.45, 2.75) is 25.0 Å². The van der Waals surface area contributed by atoms with E-state index in [1.54, 1.807) is 29.5 Å². The van der Waals surface area contributed by atoms with Gasteiger partial charge in [0.15, 0.2) is 11.0 Å². The Balaban J connectivity index is 1.70. The summed E-state index contributed by atoms with van der Waals surface area (Å²) in [6.07, 6.45) is 0. The zero-order valence-corrected chi connectivity index (χ0v) is 17.2. The van der Waals surface area contributed by atoms with E-state index in [1.807, 2.05) is 22.1 Å². The molecule has 1 amide bonds. The summed E-state index contributed by atoms with van der Waals surface area (Å²) >= 11 is 14.9. The van der Waals surface area contributed by atoms with E-state index >= 15 is 0 Å². The fourth-order valence-corrected chi connectivity index (χ4v) is 4.35. The molecule has 2 heterocycles. The highest BCUT2D eigenvalue weighted by molar-refractivity contribution is 7.99. The summed E-state index contributed by atoms with van der Waals surface area (Å²) < 4.78 is 2.04. The Morgan fingerprint density at radius 3 is 2.77 bits per heavy atom. The lowest BCUT2D eigenvalue weighted by atomic mass is 10.3. The molecule has 0 unspecified atom stereocenters. The van der Waals surface area contributed by atoms with E-state index in [-0.39, 0.29) is 17.7 Å². The van der Waals surface area contributed by atoms with Crippen LogP contribution in [0.3, 0.4) is 0 Å². The third kappa shape index (κ3) is 4.40. The first-order valence-electron chi connectivity index (χ1n) is 7.82. The van der Waals surface area contributed by atoms with Crippen molar-refractivity contribution in [3.8, 4) is 10.7 Å². The number of rotatable bonds is 6. The van der Waals surface area contributed by atoms with Crippen molar-refractivity contribution < 1.29 is 4.79 Å². The largest absolute Gasteiger partial charge is 0.324 e. The van der Waals surface area contributed by atoms with Crippen molar-refractivity contribution in [2.75, 3.05) is 11.1 Å². The molecule has 0 aliphatic carbocycles. The first-order valence-corrected chi connectivity index (χ1v) is 10.4. The van der Waals surface area contributed by atoms with Gasteiger partial charge in [0.1, 0.15) is 0 Å². The van der Waals surface area contributed by atoms with Gasteiger partial charge in [-0.3, -0.25) is 9.36 Å². The molecule has 0 radical (unpaired) electrons. The van der Waals surface area contributed by atoms with E-state index in [2.05, 4.69) is 29.4 Å². The van der Waals surface area contributed by atoms with Gasteiger partial charge in [-0.1, -0.05) is 41.0 Å². The van der Waals surface area contributed by atoms with Crippen LogP contribution in [0.2, 0.25) is 10.0 Å². The van der Waals surface area contributed by atoms with Crippen LogP contribution >= 0.6 is 46.3 Å². The molecule has 0 aliphatic heterocycles. The minimum absolute atomic E-state index is 0.171. The first kappa shape index (κ1) is 19.2. The number of hydrogen-bond donors (Lipinski definition) is 1. The Hall–Kier alpha value is -1.54. The molecule has 2 aromatic heterocycles. The fraction of sp³-hybridized carbons (Fsp3) is 0.235. The van der Waals surface area contributed by atoms with E-state index in [4.69, 9.17) is 23.2 Å². The maximum Gasteiger partial charge on any atom is 0.234 e. The van der Waals surface area contributed by atoms with Crippen LogP contribution in [0.15, 0.2) is 40.9 Å². The number of nitrogens with zero attached hydrogens (tertiary/aromatic N) is 3. The molecule has 0 bridgehead atoms. The van der Waals surface area contributed by atoms with Gasteiger partial charge < -0.3 is 5.32 Å². The monoisotopic (exact) mass is 426 g/mol. The number of anilines is 1. The molecule has 0 spiro atoms. The zero-order valence-electron chi connectivity index (χ0n) is 14.1. The van der Waals surface area contributed by atoms with Crippen molar-refractivity contribution in [2.24, 2.45) is 0 Å². The summed E-state index contributed by atoms with van der Waals surface area (Å²) in [5.41, 5.74) is 0.534. The quantitative estimate of drug-likeness (QED) is 0.519. The Labute approximate surface area is 169 Å². The van der Waals surface area contributed by atoms with Crippen LogP contribution in [0, 0.1) is 0 Å². The van der Waals surface area contributed by atoms with Gasteiger partial charge in [-0.05, 0) is 43.5 Å². The van der Waals surface area contributed by atoms with Gasteiger partial charge in [-0.2, -0.15) is 0 Å². The number of thiophene rings is 1. The summed E-state index contributed by atoms with van der Waals surface area (Å²) in [4.78, 5) is 13.3. The van der Waals surface area contributed by atoms with Crippen LogP contribution in [0.4, 0.5) is 5.69 Å². The molecule has 0 atom stereocenters. The predicted molar refractivity (Wildman–Crippen MR) is 110 cm³/mol. The predicted octanol–water partition coefficient (Wildman–Crippen LogP) is 5.63. The van der Waals surface area contributed by atoms with Crippen LogP contribution < -0.4 is 5.32 Å². The first-order chi connectivity index (χ1) is 12.5. The van der Waals surface area contributed by atoms with Crippen LogP contribution in [0.1, 0.15) is 19.9 Å². The number of carbonyl (C=O) groups excluding carboxylic acids is 1. The minimum atomic E-state index is -0.171. The molecule has 9 heteroatoms. The molecular weight excluding hydrogens is 411 g/mol. The molecule has 3 rings (SSSR count). The Morgan fingerprint density at radius 1 is 1.31 bits per heavy atom. The van der Waals surface area contributed by atoms with E-state index < -0.39 is 0 Å². The van der Waals surface area contributed by atoms with Crippen molar-refractivity contribution in [3.63, 3.8) is 0 Å². The lowest BCUT2D eigenvalue weighted by molar-refractivity contribution is -0.113. The van der Waals surface area contributed by atoms with Crippen molar-refractivity contribution >= 4 is 57.9 Å². The zero-order chi connectivity index (χ0) is 18.7. The second-order valence-electron chi connectivity index (χ2n) is 5.71. The standard InChI is InChI=1S/C17H16Cl2N4OS2/c1-10(2)23-16(14-4-3-7-25-14)21-22-17(23)26-9-15(24)20-13-6-5-11(18)8-12(13)19/h3-8,10H,9H2,1-2H3,(H,20,24). The van der Waals surface area contributed by atoms with Crippen molar-refractivity contribution in [3.05, 3.63) is 45.8 Å². The lowest BCUT2D eigenvalue weighted by Gasteiger charge is -2.13. The molecule has 26 heavy (non-hydrogen) atoms. The number of benzene rings is 1. The van der Waals surface area contributed by atoms with Crippen LogP contribution in [0.5, 0.6) is 0 Å². The highest BCUT2D eigenvalue weighted by Gasteiger charge is 2.18. The molecule has 136 valence electrons. The topological polar surface area (TPSA) is 59.8 Å². The molecule has 5 nitrogen and oxygen atoms in total. The smallest absolute Gasteiger partial charge is 0.234 e. The second kappa shape index (κ2) is 8.43. The number of carbonyl (C=O) groups is 1. The molecule has 0 aliphatic rings. The Bertz CT molecular complexity index is 910. The normalized spacial score (nSPS) is 11.1. The van der Waals surface area contributed by atoms with Crippen LogP contribution in [0.25, 0.3) is 10.7 Å². The minimum Gasteiger partial charge on any atom is -0.324 e. The molecule has 1 N–H and O–H groups in total. The van der Waals surface area contributed by atoms with Crippen molar-refractivity contribution in [1.82, 2.24) is 14.8 Å². The van der Waals surface area contributed by atoms with Gasteiger partial charge in [-0.25, -0.2) is 0 Å². The molecule has 0 fully saturated rings. The van der Waals surface area contributed by atoms with Gasteiger partial charge in [-0.15, -0.1) is 21.5 Å². The lowest BCUT2D eigenvalue weighted by Crippen LogP contribution is -2.15.